The third-order valence-electron chi connectivity index (χ3n) is 7.46. The second-order valence-electron chi connectivity index (χ2n) is 10.7. The Kier molecular flexibility index (Phi) is 8.10. The molecule has 3 aromatic rings. The Morgan fingerprint density at radius 1 is 0.838 bits per heavy atom. The Balaban J connectivity index is 1.69. The highest BCUT2D eigenvalue weighted by atomic mass is 28.4. The van der Waals surface area contributed by atoms with Crippen LogP contribution in [0.5, 0.6) is 17.2 Å². The second-order valence-corrected chi connectivity index (χ2v) is 15.0. The fourth-order valence-electron chi connectivity index (χ4n) is 5.68. The number of ketones is 1. The van der Waals surface area contributed by atoms with Gasteiger partial charge in [-0.1, -0.05) is 81.4 Å². The Morgan fingerprint density at radius 3 is 1.89 bits per heavy atom. The van der Waals surface area contributed by atoms with Gasteiger partial charge >= 0.3 is 0 Å². The summed E-state index contributed by atoms with van der Waals surface area (Å²) < 4.78 is 24.0. The Labute approximate surface area is 221 Å². The number of ether oxygens (including phenoxy) is 3. The number of hydrogen-bond acceptors (Lipinski definition) is 5. The van der Waals surface area contributed by atoms with Crippen LogP contribution in [-0.2, 0) is 10.8 Å². The van der Waals surface area contributed by atoms with Gasteiger partial charge in [0.15, 0.2) is 17.3 Å². The quantitative estimate of drug-likeness (QED) is 0.294. The minimum atomic E-state index is -2.67. The van der Waals surface area contributed by atoms with Crippen molar-refractivity contribution in [3.63, 3.8) is 0 Å². The summed E-state index contributed by atoms with van der Waals surface area (Å²) in [7, 11) is 2.10. The van der Waals surface area contributed by atoms with E-state index >= 15 is 0 Å². The van der Waals surface area contributed by atoms with Crippen LogP contribution in [0.4, 0.5) is 0 Å². The van der Waals surface area contributed by atoms with Crippen molar-refractivity contribution in [3.8, 4) is 17.2 Å². The summed E-state index contributed by atoms with van der Waals surface area (Å²) in [5.74, 6) is 1.79. The lowest BCUT2D eigenvalue weighted by Crippen LogP contribution is -2.66. The number of Topliss-reactive ketones (excluding diaryl/α,β-unsaturated/α-hetero) is 1. The molecule has 0 heterocycles. The molecule has 0 aliphatic heterocycles. The van der Waals surface area contributed by atoms with Gasteiger partial charge in [0.25, 0.3) is 8.32 Å². The number of benzene rings is 3. The molecule has 0 saturated heterocycles. The average molecular weight is 519 g/mol. The summed E-state index contributed by atoms with van der Waals surface area (Å²) in [5, 5.41) is 2.37. The Hall–Kier alpha value is -3.09. The zero-order chi connectivity index (χ0) is 26.6. The largest absolute Gasteiger partial charge is 0.493 e. The third kappa shape index (κ3) is 5.05. The maximum absolute atomic E-state index is 13.5. The first-order valence-electron chi connectivity index (χ1n) is 12.9. The molecule has 0 bridgehead atoms. The van der Waals surface area contributed by atoms with E-state index in [1.807, 2.05) is 12.1 Å². The van der Waals surface area contributed by atoms with Crippen LogP contribution in [0, 0.1) is 5.92 Å². The summed E-state index contributed by atoms with van der Waals surface area (Å²) in [6, 6.07) is 23.0. The van der Waals surface area contributed by atoms with Gasteiger partial charge in [0.1, 0.15) is 0 Å². The summed E-state index contributed by atoms with van der Waals surface area (Å²) >= 11 is 0. The highest BCUT2D eigenvalue weighted by molar-refractivity contribution is 6.99. The standard InChI is InChI=1S/C31H38O5Si/c1-31(2,3)37(23-13-9-7-10-14-23,24-15-11-8-12-16-24)36-21-22-17-18-25-26(27(32)19-22)20-28(33-4)30(35-6)29(25)34-5/h7-16,20,22H,17-19,21H2,1-6H3. The number of methoxy groups -OCH3 is 3. The van der Waals surface area contributed by atoms with Gasteiger partial charge in [0, 0.05) is 24.2 Å². The molecule has 1 aliphatic rings. The number of carbonyl (C=O) groups excluding carboxylic acids is 1. The van der Waals surface area contributed by atoms with Crippen molar-refractivity contribution in [3.05, 3.63) is 77.9 Å². The number of hydrogen-bond donors (Lipinski definition) is 0. The fraction of sp³-hybridized carbons (Fsp3) is 0.387. The molecule has 0 saturated carbocycles. The van der Waals surface area contributed by atoms with Gasteiger partial charge in [0.2, 0.25) is 5.75 Å². The van der Waals surface area contributed by atoms with Gasteiger partial charge in [-0.15, -0.1) is 0 Å². The Morgan fingerprint density at radius 2 is 1.41 bits per heavy atom. The minimum absolute atomic E-state index is 0.0859. The van der Waals surface area contributed by atoms with E-state index < -0.39 is 8.32 Å². The van der Waals surface area contributed by atoms with E-state index in [0.717, 1.165) is 12.0 Å². The molecule has 0 spiro atoms. The van der Waals surface area contributed by atoms with Crippen LogP contribution in [-0.4, -0.2) is 42.0 Å². The molecule has 37 heavy (non-hydrogen) atoms. The normalized spacial score (nSPS) is 16.1. The molecule has 5 nitrogen and oxygen atoms in total. The van der Waals surface area contributed by atoms with E-state index in [4.69, 9.17) is 18.6 Å². The highest BCUT2D eigenvalue weighted by Gasteiger charge is 2.50. The molecule has 4 rings (SSSR count). The molecule has 3 aromatic carbocycles. The van der Waals surface area contributed by atoms with Gasteiger partial charge in [-0.3, -0.25) is 4.79 Å². The van der Waals surface area contributed by atoms with E-state index in [9.17, 15) is 4.79 Å². The van der Waals surface area contributed by atoms with Crippen molar-refractivity contribution in [2.45, 2.75) is 45.1 Å². The molecule has 0 amide bonds. The van der Waals surface area contributed by atoms with Crippen LogP contribution in [0.1, 0.15) is 49.5 Å². The molecular formula is C31H38O5Si. The zero-order valence-electron chi connectivity index (χ0n) is 22.8. The van der Waals surface area contributed by atoms with Gasteiger partial charge < -0.3 is 18.6 Å². The maximum Gasteiger partial charge on any atom is 0.261 e. The summed E-state index contributed by atoms with van der Waals surface area (Å²) in [6.45, 7) is 7.34. The SMILES string of the molecule is COc1cc2c(c(OC)c1OC)CCC(CO[Si](c1ccccc1)(c1ccccc1)C(C)(C)C)CC2=O. The van der Waals surface area contributed by atoms with Crippen LogP contribution in [0.2, 0.25) is 5.04 Å². The smallest absolute Gasteiger partial charge is 0.261 e. The molecule has 0 aromatic heterocycles. The molecule has 1 atom stereocenters. The van der Waals surface area contributed by atoms with Crippen molar-refractivity contribution in [2.75, 3.05) is 27.9 Å². The van der Waals surface area contributed by atoms with Crippen LogP contribution < -0.4 is 24.6 Å². The van der Waals surface area contributed by atoms with Gasteiger partial charge in [-0.25, -0.2) is 0 Å². The molecule has 0 N–H and O–H groups in total. The highest BCUT2D eigenvalue weighted by Crippen LogP contribution is 2.45. The third-order valence-corrected chi connectivity index (χ3v) is 12.5. The first-order chi connectivity index (χ1) is 17.8. The lowest BCUT2D eigenvalue weighted by Gasteiger charge is -2.43. The molecule has 1 unspecified atom stereocenters. The predicted molar refractivity (Wildman–Crippen MR) is 150 cm³/mol. The first kappa shape index (κ1) is 27.0. The van der Waals surface area contributed by atoms with Gasteiger partial charge in [-0.2, -0.15) is 0 Å². The first-order valence-corrected chi connectivity index (χ1v) is 14.8. The lowest BCUT2D eigenvalue weighted by molar-refractivity contribution is 0.0942. The van der Waals surface area contributed by atoms with Crippen molar-refractivity contribution in [1.82, 2.24) is 0 Å². The zero-order valence-corrected chi connectivity index (χ0v) is 23.8. The topological polar surface area (TPSA) is 54.0 Å². The molecule has 1 aliphatic carbocycles. The minimum Gasteiger partial charge on any atom is -0.493 e. The molecule has 0 fully saturated rings. The maximum atomic E-state index is 13.5. The molecule has 6 heteroatoms. The molecule has 196 valence electrons. The predicted octanol–water partition coefficient (Wildman–Crippen LogP) is 5.42. The number of rotatable bonds is 8. The monoisotopic (exact) mass is 518 g/mol. The Bertz CT molecular complexity index is 1180. The van der Waals surface area contributed by atoms with Crippen molar-refractivity contribution in [2.24, 2.45) is 5.92 Å². The van der Waals surface area contributed by atoms with Gasteiger partial charge in [0.05, 0.1) is 21.3 Å². The van der Waals surface area contributed by atoms with Gasteiger partial charge in [-0.05, 0) is 40.2 Å². The average Bonchev–Trinajstić information content (AvgIpc) is 3.06. The summed E-state index contributed by atoms with van der Waals surface area (Å²) in [4.78, 5) is 13.5. The van der Waals surface area contributed by atoms with E-state index in [-0.39, 0.29) is 16.7 Å². The van der Waals surface area contributed by atoms with Crippen LogP contribution in [0.25, 0.3) is 0 Å². The van der Waals surface area contributed by atoms with E-state index in [2.05, 4.69) is 69.3 Å². The van der Waals surface area contributed by atoms with Crippen LogP contribution in [0.3, 0.4) is 0 Å². The van der Waals surface area contributed by atoms with E-state index in [1.165, 1.54) is 10.4 Å². The molecular weight excluding hydrogens is 480 g/mol. The van der Waals surface area contributed by atoms with Crippen molar-refractivity contribution in [1.29, 1.82) is 0 Å². The fourth-order valence-corrected chi connectivity index (χ4v) is 10.3. The molecule has 0 radical (unpaired) electrons. The van der Waals surface area contributed by atoms with Crippen molar-refractivity contribution >= 4 is 24.5 Å². The van der Waals surface area contributed by atoms with E-state index in [1.54, 1.807) is 27.4 Å². The van der Waals surface area contributed by atoms with Crippen LogP contribution >= 0.6 is 0 Å². The van der Waals surface area contributed by atoms with E-state index in [0.29, 0.717) is 42.3 Å². The number of fused-ring (bicyclic) bond motifs is 1. The summed E-state index contributed by atoms with van der Waals surface area (Å²) in [6.07, 6.45) is 1.95. The van der Waals surface area contributed by atoms with Crippen LogP contribution in [0.15, 0.2) is 66.7 Å². The lowest BCUT2D eigenvalue weighted by atomic mass is 9.99. The summed E-state index contributed by atoms with van der Waals surface area (Å²) in [5.41, 5.74) is 1.54. The number of carbonyl (C=O) groups is 1. The second kappa shape index (κ2) is 11.1. The van der Waals surface area contributed by atoms with Crippen molar-refractivity contribution < 1.29 is 23.4 Å².